The quantitative estimate of drug-likeness (QED) is 0.321. The summed E-state index contributed by atoms with van der Waals surface area (Å²) in [5, 5.41) is 3.86. The molecule has 0 saturated carbocycles. The van der Waals surface area contributed by atoms with Gasteiger partial charge in [0.2, 0.25) is 0 Å². The number of aromatic nitrogens is 1. The van der Waals surface area contributed by atoms with Gasteiger partial charge in [-0.1, -0.05) is 41.4 Å². The number of fused-ring (bicyclic) bond motifs is 1. The van der Waals surface area contributed by atoms with Gasteiger partial charge in [0.15, 0.2) is 0 Å². The first-order valence-corrected chi connectivity index (χ1v) is 9.67. The molecule has 6 heteroatoms. The molecule has 2 heterocycles. The van der Waals surface area contributed by atoms with Crippen molar-refractivity contribution < 1.29 is 9.59 Å². The number of anilines is 1. The zero-order valence-corrected chi connectivity index (χ0v) is 17.0. The van der Waals surface area contributed by atoms with Crippen molar-refractivity contribution in [3.8, 4) is 11.1 Å². The number of nitrogens with zero attached hydrogens (tertiary/aromatic N) is 1. The van der Waals surface area contributed by atoms with Gasteiger partial charge in [-0.3, -0.25) is 9.59 Å². The van der Waals surface area contributed by atoms with Gasteiger partial charge in [0.05, 0.1) is 0 Å². The number of nitrogens with one attached hydrogen (secondary N) is 1. The predicted molar refractivity (Wildman–Crippen MR) is 117 cm³/mol. The normalized spacial score (nSPS) is 10.9. The summed E-state index contributed by atoms with van der Waals surface area (Å²) in [6.45, 7) is 1.82. The van der Waals surface area contributed by atoms with Crippen LogP contribution in [0.1, 0.15) is 16.1 Å². The number of pyridine rings is 1. The number of Topliss-reactive ketones (excluding diaryl/α,β-unsaturated/α-hetero) is 1. The Hall–Kier alpha value is -3.08. The number of aryl methyl sites for hydroxylation is 1. The molecule has 4 aromatic rings. The smallest absolute Gasteiger partial charge is 0.298 e. The Kier molecular flexibility index (Phi) is 5.14. The minimum Gasteiger partial charge on any atom is -0.319 e. The topological polar surface area (TPSA) is 50.6 Å². The molecule has 0 aliphatic carbocycles. The van der Waals surface area contributed by atoms with Gasteiger partial charge in [-0.05, 0) is 66.6 Å². The minimum atomic E-state index is -0.713. The molecule has 0 fully saturated rings. The highest BCUT2D eigenvalue weighted by atomic mass is 35.5. The molecule has 1 N–H and O–H groups in total. The van der Waals surface area contributed by atoms with Crippen LogP contribution in [0.4, 0.5) is 5.69 Å². The van der Waals surface area contributed by atoms with Gasteiger partial charge in [0.25, 0.3) is 11.7 Å². The molecule has 0 saturated heterocycles. The molecule has 144 valence electrons. The van der Waals surface area contributed by atoms with E-state index in [1.807, 2.05) is 43.3 Å². The average Bonchev–Trinajstić information content (AvgIpc) is 3.09. The zero-order valence-electron chi connectivity index (χ0n) is 15.4. The van der Waals surface area contributed by atoms with E-state index in [1.54, 1.807) is 40.9 Å². The number of halogens is 2. The van der Waals surface area contributed by atoms with Crippen molar-refractivity contribution in [1.82, 2.24) is 4.40 Å². The standard InChI is InChI=1S/C23H16Cl2N2O2/c1-14-12-17(25)9-10-20(14)26-23(29)22(28)21-19(15-5-7-16(24)8-6-15)13-18-4-2-3-11-27(18)21/h2-13H,1H3,(H,26,29). The van der Waals surface area contributed by atoms with E-state index in [1.165, 1.54) is 0 Å². The monoisotopic (exact) mass is 422 g/mol. The van der Waals surface area contributed by atoms with Crippen LogP contribution in [-0.4, -0.2) is 16.1 Å². The van der Waals surface area contributed by atoms with E-state index in [2.05, 4.69) is 5.32 Å². The third kappa shape index (κ3) is 3.77. The first-order chi connectivity index (χ1) is 13.9. The molecular weight excluding hydrogens is 407 g/mol. The number of benzene rings is 2. The molecule has 4 nitrogen and oxygen atoms in total. The molecule has 2 aromatic carbocycles. The third-order valence-electron chi connectivity index (χ3n) is 4.69. The Morgan fingerprint density at radius 2 is 1.62 bits per heavy atom. The van der Waals surface area contributed by atoms with Crippen LogP contribution in [0.2, 0.25) is 10.0 Å². The summed E-state index contributed by atoms with van der Waals surface area (Å²) >= 11 is 12.0. The highest BCUT2D eigenvalue weighted by Crippen LogP contribution is 2.30. The molecule has 0 radical (unpaired) electrons. The van der Waals surface area contributed by atoms with Gasteiger partial charge in [-0.25, -0.2) is 0 Å². The van der Waals surface area contributed by atoms with Crippen molar-refractivity contribution in [2.24, 2.45) is 0 Å². The first-order valence-electron chi connectivity index (χ1n) is 8.92. The van der Waals surface area contributed by atoms with E-state index >= 15 is 0 Å². The Labute approximate surface area is 177 Å². The second-order valence-corrected chi connectivity index (χ2v) is 7.52. The Morgan fingerprint density at radius 1 is 0.897 bits per heavy atom. The summed E-state index contributed by atoms with van der Waals surface area (Å²) in [4.78, 5) is 26.0. The zero-order chi connectivity index (χ0) is 20.5. The van der Waals surface area contributed by atoms with Crippen LogP contribution in [0, 0.1) is 6.92 Å². The highest BCUT2D eigenvalue weighted by Gasteiger charge is 2.25. The van der Waals surface area contributed by atoms with Crippen LogP contribution in [0.15, 0.2) is 72.9 Å². The largest absolute Gasteiger partial charge is 0.319 e. The number of amides is 1. The summed E-state index contributed by atoms with van der Waals surface area (Å²) in [7, 11) is 0. The summed E-state index contributed by atoms with van der Waals surface area (Å²) < 4.78 is 1.72. The highest BCUT2D eigenvalue weighted by molar-refractivity contribution is 6.47. The van der Waals surface area contributed by atoms with Crippen LogP contribution in [-0.2, 0) is 4.79 Å². The summed E-state index contributed by atoms with van der Waals surface area (Å²) in [6, 6.07) is 19.7. The summed E-state index contributed by atoms with van der Waals surface area (Å²) in [5.74, 6) is -1.34. The molecule has 0 bridgehead atoms. The second kappa shape index (κ2) is 7.74. The van der Waals surface area contributed by atoms with Crippen LogP contribution < -0.4 is 5.32 Å². The molecule has 4 rings (SSSR count). The number of ketones is 1. The van der Waals surface area contributed by atoms with Gasteiger partial charge in [-0.15, -0.1) is 0 Å². The fourth-order valence-corrected chi connectivity index (χ4v) is 3.61. The van der Waals surface area contributed by atoms with Gasteiger partial charge in [0, 0.05) is 33.0 Å². The number of rotatable bonds is 4. The van der Waals surface area contributed by atoms with E-state index in [9.17, 15) is 9.59 Å². The molecule has 0 unspecified atom stereocenters. The molecule has 0 spiro atoms. The SMILES string of the molecule is Cc1cc(Cl)ccc1NC(=O)C(=O)c1c(-c2ccc(Cl)cc2)cc2ccccn12. The molecule has 2 aromatic heterocycles. The Morgan fingerprint density at radius 3 is 2.34 bits per heavy atom. The Bertz CT molecular complexity index is 1240. The summed E-state index contributed by atoms with van der Waals surface area (Å²) in [5.41, 5.74) is 3.90. The minimum absolute atomic E-state index is 0.298. The summed E-state index contributed by atoms with van der Waals surface area (Å²) in [6.07, 6.45) is 1.77. The Balaban J connectivity index is 1.77. The van der Waals surface area contributed by atoms with E-state index in [0.29, 0.717) is 27.0 Å². The fraction of sp³-hybridized carbons (Fsp3) is 0.0435. The number of hydrogen-bond acceptors (Lipinski definition) is 2. The van der Waals surface area contributed by atoms with Crippen molar-refractivity contribution in [3.63, 3.8) is 0 Å². The van der Waals surface area contributed by atoms with E-state index in [0.717, 1.165) is 16.6 Å². The number of carbonyl (C=O) groups excluding carboxylic acids is 2. The van der Waals surface area contributed by atoms with Crippen LogP contribution in [0.3, 0.4) is 0 Å². The van der Waals surface area contributed by atoms with E-state index in [4.69, 9.17) is 23.2 Å². The molecular formula is C23H16Cl2N2O2. The van der Waals surface area contributed by atoms with E-state index in [-0.39, 0.29) is 0 Å². The van der Waals surface area contributed by atoms with Crippen molar-refractivity contribution in [2.75, 3.05) is 5.32 Å². The lowest BCUT2D eigenvalue weighted by Gasteiger charge is -2.10. The number of hydrogen-bond donors (Lipinski definition) is 1. The molecule has 0 aliphatic rings. The lowest BCUT2D eigenvalue weighted by molar-refractivity contribution is -0.112. The van der Waals surface area contributed by atoms with Crippen molar-refractivity contribution in [2.45, 2.75) is 6.92 Å². The fourth-order valence-electron chi connectivity index (χ4n) is 3.26. The van der Waals surface area contributed by atoms with Crippen LogP contribution >= 0.6 is 23.2 Å². The van der Waals surface area contributed by atoms with Gasteiger partial charge in [0.1, 0.15) is 5.69 Å². The average molecular weight is 423 g/mol. The maximum Gasteiger partial charge on any atom is 0.298 e. The second-order valence-electron chi connectivity index (χ2n) is 6.65. The number of carbonyl (C=O) groups is 2. The lowest BCUT2D eigenvalue weighted by Crippen LogP contribution is -2.25. The van der Waals surface area contributed by atoms with Gasteiger partial charge in [-0.2, -0.15) is 0 Å². The molecule has 0 aliphatic heterocycles. The van der Waals surface area contributed by atoms with Crippen molar-refractivity contribution in [3.05, 3.63) is 94.2 Å². The van der Waals surface area contributed by atoms with Crippen LogP contribution in [0.25, 0.3) is 16.6 Å². The third-order valence-corrected chi connectivity index (χ3v) is 5.18. The molecule has 0 atom stereocenters. The maximum atomic E-state index is 13.2. The predicted octanol–water partition coefficient (Wildman–Crippen LogP) is 6.04. The van der Waals surface area contributed by atoms with Gasteiger partial charge < -0.3 is 9.72 Å². The van der Waals surface area contributed by atoms with Crippen LogP contribution in [0.5, 0.6) is 0 Å². The van der Waals surface area contributed by atoms with E-state index < -0.39 is 11.7 Å². The molecule has 1 amide bonds. The lowest BCUT2D eigenvalue weighted by atomic mass is 10.0. The van der Waals surface area contributed by atoms with Crippen molar-refractivity contribution >= 4 is 46.1 Å². The van der Waals surface area contributed by atoms with Crippen molar-refractivity contribution in [1.29, 1.82) is 0 Å². The first kappa shape index (κ1) is 19.2. The maximum absolute atomic E-state index is 13.2. The molecule has 29 heavy (non-hydrogen) atoms. The van der Waals surface area contributed by atoms with Gasteiger partial charge >= 0.3 is 0 Å².